The van der Waals surface area contributed by atoms with Gasteiger partial charge in [-0.1, -0.05) is 11.6 Å². The zero-order valence-corrected chi connectivity index (χ0v) is 7.91. The summed E-state index contributed by atoms with van der Waals surface area (Å²) in [6.07, 6.45) is 5.98. The molecule has 0 N–H and O–H groups in total. The third kappa shape index (κ3) is 2.49. The van der Waals surface area contributed by atoms with Crippen LogP contribution in [0.15, 0.2) is 18.0 Å². The first-order valence-electron chi connectivity index (χ1n) is 4.16. The number of allylic oxidation sites excluding steroid dienone is 2. The summed E-state index contributed by atoms with van der Waals surface area (Å²) in [6, 6.07) is 0. The molecule has 3 nitrogen and oxygen atoms in total. The van der Waals surface area contributed by atoms with E-state index in [0.717, 1.165) is 18.7 Å². The second-order valence-electron chi connectivity index (χ2n) is 3.18. The number of nitrogens with zero attached hydrogens (tertiary/aromatic N) is 3. The maximum atomic E-state index is 4.00. The van der Waals surface area contributed by atoms with Crippen LogP contribution in [0.4, 0.5) is 0 Å². The summed E-state index contributed by atoms with van der Waals surface area (Å²) < 4.78 is 1.96. The zero-order chi connectivity index (χ0) is 8.97. The van der Waals surface area contributed by atoms with E-state index in [1.165, 1.54) is 5.57 Å². The summed E-state index contributed by atoms with van der Waals surface area (Å²) in [7, 11) is 1.97. The molecule has 66 valence electrons. The third-order valence-electron chi connectivity index (χ3n) is 1.73. The van der Waals surface area contributed by atoms with Crippen molar-refractivity contribution < 1.29 is 0 Å². The van der Waals surface area contributed by atoms with Gasteiger partial charge in [0.1, 0.15) is 12.2 Å². The van der Waals surface area contributed by atoms with E-state index >= 15 is 0 Å². The second-order valence-corrected chi connectivity index (χ2v) is 3.18. The maximum Gasteiger partial charge on any atom is 0.132 e. The van der Waals surface area contributed by atoms with Gasteiger partial charge >= 0.3 is 0 Å². The minimum atomic E-state index is 0.974. The van der Waals surface area contributed by atoms with Crippen molar-refractivity contribution in [3.05, 3.63) is 23.8 Å². The molecule has 0 aromatic carbocycles. The standard InChI is InChI=1S/C9H15N3/c1-8(2)5-4-6-9-11-10-7-12(9)3/h5,7H,4,6H2,1-3H3. The van der Waals surface area contributed by atoms with E-state index in [2.05, 4.69) is 30.1 Å². The van der Waals surface area contributed by atoms with Crippen molar-refractivity contribution in [2.24, 2.45) is 7.05 Å². The Morgan fingerprint density at radius 1 is 1.58 bits per heavy atom. The van der Waals surface area contributed by atoms with E-state index in [9.17, 15) is 0 Å². The van der Waals surface area contributed by atoms with Gasteiger partial charge in [0.2, 0.25) is 0 Å². The Morgan fingerprint density at radius 3 is 2.83 bits per heavy atom. The normalized spacial score (nSPS) is 9.92. The SMILES string of the molecule is CC(C)=CCCc1nncn1C. The Labute approximate surface area is 73.1 Å². The van der Waals surface area contributed by atoms with Gasteiger partial charge in [-0.05, 0) is 20.3 Å². The lowest BCUT2D eigenvalue weighted by Crippen LogP contribution is -1.96. The quantitative estimate of drug-likeness (QED) is 0.638. The molecule has 0 bridgehead atoms. The first-order valence-corrected chi connectivity index (χ1v) is 4.16. The van der Waals surface area contributed by atoms with Crippen LogP contribution < -0.4 is 0 Å². The van der Waals surface area contributed by atoms with E-state index in [0.29, 0.717) is 0 Å². The Hall–Kier alpha value is -1.12. The van der Waals surface area contributed by atoms with Gasteiger partial charge in [-0.2, -0.15) is 0 Å². The molecular formula is C9H15N3. The Morgan fingerprint density at radius 2 is 2.33 bits per heavy atom. The number of hydrogen-bond acceptors (Lipinski definition) is 2. The maximum absolute atomic E-state index is 4.00. The summed E-state index contributed by atoms with van der Waals surface area (Å²) in [5.74, 6) is 1.05. The predicted molar refractivity (Wildman–Crippen MR) is 48.8 cm³/mol. The topological polar surface area (TPSA) is 30.7 Å². The highest BCUT2D eigenvalue weighted by molar-refractivity contribution is 4.96. The van der Waals surface area contributed by atoms with Gasteiger partial charge in [0.15, 0.2) is 0 Å². The van der Waals surface area contributed by atoms with Gasteiger partial charge in [0, 0.05) is 13.5 Å². The molecule has 0 saturated heterocycles. The number of aromatic nitrogens is 3. The molecule has 0 aliphatic carbocycles. The summed E-state index contributed by atoms with van der Waals surface area (Å²) in [5.41, 5.74) is 1.36. The van der Waals surface area contributed by atoms with Crippen molar-refractivity contribution in [3.8, 4) is 0 Å². The van der Waals surface area contributed by atoms with Gasteiger partial charge in [0.05, 0.1) is 0 Å². The lowest BCUT2D eigenvalue weighted by molar-refractivity contribution is 0.777. The molecule has 1 rings (SSSR count). The Balaban J connectivity index is 2.44. The van der Waals surface area contributed by atoms with Crippen LogP contribution in [-0.2, 0) is 13.5 Å². The minimum absolute atomic E-state index is 0.974. The van der Waals surface area contributed by atoms with Crippen LogP contribution in [0.1, 0.15) is 26.1 Å². The molecule has 12 heavy (non-hydrogen) atoms. The average Bonchev–Trinajstić information content (AvgIpc) is 2.36. The van der Waals surface area contributed by atoms with E-state index < -0.39 is 0 Å². The number of rotatable bonds is 3. The van der Waals surface area contributed by atoms with Crippen LogP contribution in [0.25, 0.3) is 0 Å². The monoisotopic (exact) mass is 165 g/mol. The van der Waals surface area contributed by atoms with Crippen molar-refractivity contribution in [1.82, 2.24) is 14.8 Å². The van der Waals surface area contributed by atoms with Crippen LogP contribution in [0.2, 0.25) is 0 Å². The molecule has 0 unspecified atom stereocenters. The fourth-order valence-electron chi connectivity index (χ4n) is 1.02. The van der Waals surface area contributed by atoms with E-state index in [1.54, 1.807) is 6.33 Å². The van der Waals surface area contributed by atoms with Gasteiger partial charge in [-0.25, -0.2) is 0 Å². The smallest absolute Gasteiger partial charge is 0.132 e. The molecule has 1 aromatic rings. The largest absolute Gasteiger partial charge is 0.321 e. The van der Waals surface area contributed by atoms with Gasteiger partial charge in [-0.15, -0.1) is 10.2 Å². The van der Waals surface area contributed by atoms with Crippen molar-refractivity contribution in [2.45, 2.75) is 26.7 Å². The van der Waals surface area contributed by atoms with Crippen LogP contribution in [0.3, 0.4) is 0 Å². The molecule has 0 aliphatic heterocycles. The molecule has 3 heteroatoms. The molecule has 0 amide bonds. The molecule has 0 radical (unpaired) electrons. The van der Waals surface area contributed by atoms with Gasteiger partial charge in [0.25, 0.3) is 0 Å². The molecule has 0 atom stereocenters. The predicted octanol–water partition coefficient (Wildman–Crippen LogP) is 1.71. The first kappa shape index (κ1) is 8.97. The second kappa shape index (κ2) is 4.04. The summed E-state index contributed by atoms with van der Waals surface area (Å²) in [4.78, 5) is 0. The highest BCUT2D eigenvalue weighted by atomic mass is 15.2. The fourth-order valence-corrected chi connectivity index (χ4v) is 1.02. The van der Waals surface area contributed by atoms with Crippen molar-refractivity contribution in [2.75, 3.05) is 0 Å². The van der Waals surface area contributed by atoms with Crippen LogP contribution >= 0.6 is 0 Å². The fraction of sp³-hybridized carbons (Fsp3) is 0.556. The van der Waals surface area contributed by atoms with E-state index in [1.807, 2.05) is 11.6 Å². The van der Waals surface area contributed by atoms with E-state index in [-0.39, 0.29) is 0 Å². The summed E-state index contributed by atoms with van der Waals surface area (Å²) in [6.45, 7) is 4.22. The lowest BCUT2D eigenvalue weighted by atomic mass is 10.2. The van der Waals surface area contributed by atoms with E-state index in [4.69, 9.17) is 0 Å². The van der Waals surface area contributed by atoms with Gasteiger partial charge < -0.3 is 4.57 Å². The third-order valence-corrected chi connectivity index (χ3v) is 1.73. The summed E-state index contributed by atoms with van der Waals surface area (Å²) in [5, 5.41) is 7.81. The highest BCUT2D eigenvalue weighted by Gasteiger charge is 1.97. The summed E-state index contributed by atoms with van der Waals surface area (Å²) >= 11 is 0. The van der Waals surface area contributed by atoms with Crippen LogP contribution in [-0.4, -0.2) is 14.8 Å². The van der Waals surface area contributed by atoms with Crippen LogP contribution in [0, 0.1) is 0 Å². The molecule has 1 heterocycles. The number of aryl methyl sites for hydroxylation is 2. The van der Waals surface area contributed by atoms with Crippen molar-refractivity contribution in [1.29, 1.82) is 0 Å². The molecule has 0 fully saturated rings. The highest BCUT2D eigenvalue weighted by Crippen LogP contribution is 2.00. The first-order chi connectivity index (χ1) is 5.70. The Bertz CT molecular complexity index is 269. The van der Waals surface area contributed by atoms with Crippen molar-refractivity contribution >= 4 is 0 Å². The van der Waals surface area contributed by atoms with Crippen molar-refractivity contribution in [3.63, 3.8) is 0 Å². The zero-order valence-electron chi connectivity index (χ0n) is 7.91. The molecule has 0 spiro atoms. The number of hydrogen-bond donors (Lipinski definition) is 0. The molecule has 0 aliphatic rings. The van der Waals surface area contributed by atoms with Gasteiger partial charge in [-0.3, -0.25) is 0 Å². The molecular weight excluding hydrogens is 150 g/mol. The van der Waals surface area contributed by atoms with Crippen LogP contribution in [0.5, 0.6) is 0 Å². The Kier molecular flexibility index (Phi) is 3.02. The average molecular weight is 165 g/mol. The lowest BCUT2D eigenvalue weighted by Gasteiger charge is -1.96. The molecule has 0 saturated carbocycles. The molecule has 1 aromatic heterocycles. The minimum Gasteiger partial charge on any atom is -0.321 e.